The van der Waals surface area contributed by atoms with Crippen LogP contribution in [0.25, 0.3) is 10.9 Å². The quantitative estimate of drug-likeness (QED) is 0.913. The van der Waals surface area contributed by atoms with Gasteiger partial charge < -0.3 is 4.98 Å². The number of fused-ring (bicyclic) bond motifs is 1. The van der Waals surface area contributed by atoms with Crippen LogP contribution in [0.2, 0.25) is 0 Å². The minimum Gasteiger partial charge on any atom is -0.309 e. The van der Waals surface area contributed by atoms with Crippen LogP contribution in [0.3, 0.4) is 0 Å². The van der Waals surface area contributed by atoms with Crippen LogP contribution in [0.1, 0.15) is 37.9 Å². The fraction of sp³-hybridized carbons (Fsp3) is 0.500. The number of aromatic nitrogens is 2. The maximum absolute atomic E-state index is 12.1. The monoisotopic (exact) mass is 271 g/mol. The molecule has 0 bridgehead atoms. The van der Waals surface area contributed by atoms with Gasteiger partial charge in [-0.1, -0.05) is 31.4 Å². The first-order chi connectivity index (χ1) is 9.83. The third kappa shape index (κ3) is 3.07. The van der Waals surface area contributed by atoms with Crippen LogP contribution < -0.4 is 5.56 Å². The minimum atomic E-state index is -0.0300. The largest absolute Gasteiger partial charge is 0.309 e. The number of rotatable bonds is 2. The van der Waals surface area contributed by atoms with E-state index in [1.54, 1.807) is 0 Å². The molecule has 2 heterocycles. The summed E-state index contributed by atoms with van der Waals surface area (Å²) in [6.45, 7) is 2.97. The zero-order valence-electron chi connectivity index (χ0n) is 11.8. The molecule has 0 unspecified atom stereocenters. The Morgan fingerprint density at radius 2 is 1.75 bits per heavy atom. The molecule has 1 aliphatic heterocycles. The Hall–Kier alpha value is -1.68. The van der Waals surface area contributed by atoms with Gasteiger partial charge >= 0.3 is 0 Å². The molecule has 1 aliphatic rings. The van der Waals surface area contributed by atoms with Crippen molar-refractivity contribution >= 4 is 10.9 Å². The van der Waals surface area contributed by atoms with E-state index in [9.17, 15) is 4.79 Å². The Morgan fingerprint density at radius 3 is 2.55 bits per heavy atom. The summed E-state index contributed by atoms with van der Waals surface area (Å²) >= 11 is 0. The van der Waals surface area contributed by atoms with Crippen LogP contribution in [0, 0.1) is 0 Å². The molecule has 4 heteroatoms. The van der Waals surface area contributed by atoms with Gasteiger partial charge in [0.1, 0.15) is 5.82 Å². The standard InChI is InChI=1S/C16H21N3O/c20-16-13-8-4-5-9-14(13)17-15(18-16)12-19-10-6-2-1-3-7-11-19/h4-5,8-9H,1-3,6-7,10-12H2,(H,17,18,20). The smallest absolute Gasteiger partial charge is 0.258 e. The molecule has 2 aromatic rings. The maximum Gasteiger partial charge on any atom is 0.258 e. The van der Waals surface area contributed by atoms with Gasteiger partial charge in [-0.05, 0) is 38.1 Å². The third-order valence-electron chi connectivity index (χ3n) is 3.98. The van der Waals surface area contributed by atoms with Crippen LogP contribution in [0.4, 0.5) is 0 Å². The summed E-state index contributed by atoms with van der Waals surface area (Å²) in [7, 11) is 0. The third-order valence-corrected chi connectivity index (χ3v) is 3.98. The molecular formula is C16H21N3O. The number of nitrogens with one attached hydrogen (secondary N) is 1. The van der Waals surface area contributed by atoms with Crippen molar-refractivity contribution in [1.29, 1.82) is 0 Å². The number of H-pyrrole nitrogens is 1. The van der Waals surface area contributed by atoms with Crippen LogP contribution in [-0.2, 0) is 6.54 Å². The molecule has 0 amide bonds. The first kappa shape index (κ1) is 13.3. The van der Waals surface area contributed by atoms with Crippen LogP contribution in [0.5, 0.6) is 0 Å². The molecule has 0 spiro atoms. The Labute approximate surface area is 118 Å². The molecule has 0 saturated carbocycles. The fourth-order valence-electron chi connectivity index (χ4n) is 2.89. The summed E-state index contributed by atoms with van der Waals surface area (Å²) in [6, 6.07) is 7.52. The lowest BCUT2D eigenvalue weighted by Gasteiger charge is -2.23. The average Bonchev–Trinajstić information content (AvgIpc) is 2.42. The molecule has 20 heavy (non-hydrogen) atoms. The second-order valence-electron chi connectivity index (χ2n) is 5.57. The van der Waals surface area contributed by atoms with Gasteiger partial charge in [0.2, 0.25) is 0 Å². The molecule has 1 N–H and O–H groups in total. The summed E-state index contributed by atoms with van der Waals surface area (Å²) in [5, 5.41) is 0.670. The Kier molecular flexibility index (Phi) is 4.11. The van der Waals surface area contributed by atoms with Gasteiger partial charge in [0, 0.05) is 0 Å². The van der Waals surface area contributed by atoms with Crippen molar-refractivity contribution in [3.8, 4) is 0 Å². The van der Waals surface area contributed by atoms with Crippen molar-refractivity contribution in [2.45, 2.75) is 38.6 Å². The first-order valence-corrected chi connectivity index (χ1v) is 7.53. The lowest BCUT2D eigenvalue weighted by Crippen LogP contribution is -2.28. The highest BCUT2D eigenvalue weighted by Crippen LogP contribution is 2.13. The molecule has 3 rings (SSSR count). The van der Waals surface area contributed by atoms with E-state index in [1.807, 2.05) is 24.3 Å². The molecule has 1 aromatic carbocycles. The van der Waals surface area contributed by atoms with E-state index in [-0.39, 0.29) is 5.56 Å². The van der Waals surface area contributed by atoms with Gasteiger partial charge in [-0.3, -0.25) is 9.69 Å². The van der Waals surface area contributed by atoms with Crippen molar-refractivity contribution in [2.75, 3.05) is 13.1 Å². The van der Waals surface area contributed by atoms with E-state index in [4.69, 9.17) is 0 Å². The predicted molar refractivity (Wildman–Crippen MR) is 80.7 cm³/mol. The van der Waals surface area contributed by atoms with Crippen molar-refractivity contribution in [3.05, 3.63) is 40.4 Å². The number of nitrogens with zero attached hydrogens (tertiary/aromatic N) is 2. The SMILES string of the molecule is O=c1[nH]c(CN2CCCCCCC2)nc2ccccc12. The summed E-state index contributed by atoms with van der Waals surface area (Å²) in [6.07, 6.45) is 6.49. The topological polar surface area (TPSA) is 49.0 Å². The van der Waals surface area contributed by atoms with E-state index in [1.165, 1.54) is 32.1 Å². The molecule has 1 fully saturated rings. The number of hydrogen-bond donors (Lipinski definition) is 1. The highest BCUT2D eigenvalue weighted by Gasteiger charge is 2.11. The van der Waals surface area contributed by atoms with Crippen molar-refractivity contribution < 1.29 is 0 Å². The number of likely N-dealkylation sites (tertiary alicyclic amines) is 1. The second-order valence-corrected chi connectivity index (χ2v) is 5.57. The summed E-state index contributed by atoms with van der Waals surface area (Å²) < 4.78 is 0. The number of para-hydroxylation sites is 1. The van der Waals surface area contributed by atoms with E-state index < -0.39 is 0 Å². The number of benzene rings is 1. The Bertz CT molecular complexity index is 627. The number of aromatic amines is 1. The Balaban J connectivity index is 1.81. The van der Waals surface area contributed by atoms with Gasteiger partial charge in [-0.15, -0.1) is 0 Å². The zero-order chi connectivity index (χ0) is 13.8. The van der Waals surface area contributed by atoms with Crippen LogP contribution in [0.15, 0.2) is 29.1 Å². The Morgan fingerprint density at radius 1 is 1.05 bits per heavy atom. The van der Waals surface area contributed by atoms with E-state index in [2.05, 4.69) is 14.9 Å². The van der Waals surface area contributed by atoms with E-state index in [0.717, 1.165) is 31.0 Å². The molecule has 0 atom stereocenters. The van der Waals surface area contributed by atoms with Crippen LogP contribution >= 0.6 is 0 Å². The second kappa shape index (κ2) is 6.18. The molecular weight excluding hydrogens is 250 g/mol. The zero-order valence-corrected chi connectivity index (χ0v) is 11.8. The molecule has 1 saturated heterocycles. The van der Waals surface area contributed by atoms with Crippen LogP contribution in [-0.4, -0.2) is 28.0 Å². The molecule has 1 aromatic heterocycles. The van der Waals surface area contributed by atoms with E-state index in [0.29, 0.717) is 5.39 Å². The normalized spacial score (nSPS) is 17.8. The first-order valence-electron chi connectivity index (χ1n) is 7.53. The molecule has 106 valence electrons. The van der Waals surface area contributed by atoms with E-state index >= 15 is 0 Å². The lowest BCUT2D eigenvalue weighted by molar-refractivity contribution is 0.234. The fourth-order valence-corrected chi connectivity index (χ4v) is 2.89. The van der Waals surface area contributed by atoms with Crippen molar-refractivity contribution in [3.63, 3.8) is 0 Å². The van der Waals surface area contributed by atoms with Gasteiger partial charge in [-0.2, -0.15) is 0 Å². The van der Waals surface area contributed by atoms with Crippen molar-refractivity contribution in [1.82, 2.24) is 14.9 Å². The highest BCUT2D eigenvalue weighted by molar-refractivity contribution is 5.77. The summed E-state index contributed by atoms with van der Waals surface area (Å²) in [4.78, 5) is 22.0. The van der Waals surface area contributed by atoms with Gasteiger partial charge in [0.05, 0.1) is 17.4 Å². The highest BCUT2D eigenvalue weighted by atomic mass is 16.1. The maximum atomic E-state index is 12.1. The average molecular weight is 271 g/mol. The predicted octanol–water partition coefficient (Wildman–Crippen LogP) is 2.69. The van der Waals surface area contributed by atoms with Gasteiger partial charge in [0.25, 0.3) is 5.56 Å². The molecule has 0 radical (unpaired) electrons. The van der Waals surface area contributed by atoms with Gasteiger partial charge in [-0.25, -0.2) is 4.98 Å². The summed E-state index contributed by atoms with van der Waals surface area (Å²) in [5.74, 6) is 0.786. The summed E-state index contributed by atoms with van der Waals surface area (Å²) in [5.41, 5.74) is 0.760. The molecule has 4 nitrogen and oxygen atoms in total. The van der Waals surface area contributed by atoms with Crippen molar-refractivity contribution in [2.24, 2.45) is 0 Å². The lowest BCUT2D eigenvalue weighted by atomic mass is 10.1. The number of hydrogen-bond acceptors (Lipinski definition) is 3. The molecule has 0 aliphatic carbocycles. The van der Waals surface area contributed by atoms with Gasteiger partial charge in [0.15, 0.2) is 0 Å². The minimum absolute atomic E-state index is 0.0300.